The van der Waals surface area contributed by atoms with E-state index >= 15 is 0 Å². The molecule has 1 amide bonds. The lowest BCUT2D eigenvalue weighted by atomic mass is 9.94. The normalized spacial score (nSPS) is 11.0. The zero-order valence-electron chi connectivity index (χ0n) is 13.2. The SMILES string of the molecule is C#CC(CC)(CC)NC(=O)COc1ccc2ccc(=O)oc2c1. The van der Waals surface area contributed by atoms with Crippen molar-refractivity contribution in [3.8, 4) is 18.1 Å². The summed E-state index contributed by atoms with van der Waals surface area (Å²) >= 11 is 0. The minimum atomic E-state index is -0.642. The standard InChI is InChI=1S/C18H19NO4/c1-4-18(5-2,6-3)19-16(20)12-22-14-9-7-13-8-10-17(21)23-15(13)11-14/h1,7-11H,5-6,12H2,2-3H3,(H,19,20). The molecule has 2 aromatic rings. The highest BCUT2D eigenvalue weighted by Crippen LogP contribution is 2.19. The first kappa shape index (κ1) is 16.6. The molecule has 0 radical (unpaired) electrons. The van der Waals surface area contributed by atoms with Gasteiger partial charge in [0, 0.05) is 17.5 Å². The number of carbonyl (C=O) groups is 1. The van der Waals surface area contributed by atoms with Crippen molar-refractivity contribution in [2.45, 2.75) is 32.2 Å². The number of nitrogens with one attached hydrogen (secondary N) is 1. The Kier molecular flexibility index (Phi) is 5.07. The molecule has 5 nitrogen and oxygen atoms in total. The van der Waals surface area contributed by atoms with E-state index in [0.29, 0.717) is 24.2 Å². The quantitative estimate of drug-likeness (QED) is 0.657. The molecular formula is C18H19NO4. The maximum absolute atomic E-state index is 12.0. The number of hydrogen-bond donors (Lipinski definition) is 1. The molecule has 120 valence electrons. The van der Waals surface area contributed by atoms with Crippen LogP contribution in [-0.4, -0.2) is 18.1 Å². The van der Waals surface area contributed by atoms with E-state index in [2.05, 4.69) is 11.2 Å². The summed E-state index contributed by atoms with van der Waals surface area (Å²) < 4.78 is 10.5. The van der Waals surface area contributed by atoms with Gasteiger partial charge in [0.2, 0.25) is 0 Å². The summed E-state index contributed by atoms with van der Waals surface area (Å²) in [6.07, 6.45) is 6.80. The molecule has 0 saturated heterocycles. The van der Waals surface area contributed by atoms with Gasteiger partial charge in [0.05, 0.1) is 0 Å². The van der Waals surface area contributed by atoms with Crippen molar-refractivity contribution in [2.75, 3.05) is 6.61 Å². The topological polar surface area (TPSA) is 68.5 Å². The molecule has 0 aliphatic carbocycles. The third kappa shape index (κ3) is 3.92. The zero-order chi connectivity index (χ0) is 16.9. The maximum Gasteiger partial charge on any atom is 0.336 e. The van der Waals surface area contributed by atoms with E-state index < -0.39 is 11.2 Å². The van der Waals surface area contributed by atoms with Gasteiger partial charge >= 0.3 is 5.63 Å². The van der Waals surface area contributed by atoms with Crippen molar-refractivity contribution in [3.63, 3.8) is 0 Å². The Bertz CT molecular complexity index is 797. The van der Waals surface area contributed by atoms with Gasteiger partial charge in [-0.2, -0.15) is 0 Å². The number of carbonyl (C=O) groups excluding carboxylic acids is 1. The molecule has 0 spiro atoms. The van der Waals surface area contributed by atoms with Crippen molar-refractivity contribution in [1.29, 1.82) is 0 Å². The smallest absolute Gasteiger partial charge is 0.336 e. The number of amides is 1. The summed E-state index contributed by atoms with van der Waals surface area (Å²) in [4.78, 5) is 23.2. The largest absolute Gasteiger partial charge is 0.484 e. The van der Waals surface area contributed by atoms with E-state index in [4.69, 9.17) is 15.6 Å². The third-order valence-corrected chi connectivity index (χ3v) is 3.83. The number of rotatable bonds is 6. The molecule has 1 N–H and O–H groups in total. The molecule has 0 atom stereocenters. The van der Waals surface area contributed by atoms with Crippen molar-refractivity contribution in [3.05, 3.63) is 40.8 Å². The lowest BCUT2D eigenvalue weighted by molar-refractivity contribution is -0.124. The van der Waals surface area contributed by atoms with Crippen LogP contribution >= 0.6 is 0 Å². The van der Waals surface area contributed by atoms with E-state index in [0.717, 1.165) is 5.39 Å². The summed E-state index contributed by atoms with van der Waals surface area (Å²) in [5, 5.41) is 3.60. The number of fused-ring (bicyclic) bond motifs is 1. The average molecular weight is 313 g/mol. The van der Waals surface area contributed by atoms with Gasteiger partial charge in [-0.3, -0.25) is 4.79 Å². The molecule has 0 bridgehead atoms. The van der Waals surface area contributed by atoms with Crippen molar-refractivity contribution >= 4 is 16.9 Å². The Balaban J connectivity index is 2.04. The van der Waals surface area contributed by atoms with Gasteiger partial charge in [-0.05, 0) is 31.0 Å². The van der Waals surface area contributed by atoms with Crippen molar-refractivity contribution in [1.82, 2.24) is 5.32 Å². The first-order chi connectivity index (χ1) is 11.0. The van der Waals surface area contributed by atoms with Crippen LogP contribution in [0.15, 0.2) is 39.5 Å². The zero-order valence-corrected chi connectivity index (χ0v) is 13.2. The minimum absolute atomic E-state index is 0.161. The highest BCUT2D eigenvalue weighted by molar-refractivity contribution is 5.80. The van der Waals surface area contributed by atoms with Crippen LogP contribution in [0.25, 0.3) is 11.0 Å². The molecule has 1 heterocycles. The van der Waals surface area contributed by atoms with Crippen LogP contribution in [0, 0.1) is 12.3 Å². The van der Waals surface area contributed by atoms with Crippen LogP contribution in [0.3, 0.4) is 0 Å². The fourth-order valence-electron chi connectivity index (χ4n) is 2.25. The molecule has 1 aromatic carbocycles. The first-order valence-corrected chi connectivity index (χ1v) is 7.47. The molecule has 2 rings (SSSR count). The van der Waals surface area contributed by atoms with E-state index in [9.17, 15) is 9.59 Å². The predicted octanol–water partition coefficient (Wildman–Crippen LogP) is 2.48. The molecule has 0 saturated carbocycles. The van der Waals surface area contributed by atoms with Crippen LogP contribution in [0.4, 0.5) is 0 Å². The summed E-state index contributed by atoms with van der Waals surface area (Å²) in [6.45, 7) is 3.69. The monoisotopic (exact) mass is 313 g/mol. The van der Waals surface area contributed by atoms with Gasteiger partial charge in [-0.1, -0.05) is 19.8 Å². The number of ether oxygens (including phenoxy) is 1. The van der Waals surface area contributed by atoms with E-state index in [1.807, 2.05) is 13.8 Å². The Labute approximate surface area is 134 Å². The van der Waals surface area contributed by atoms with Gasteiger partial charge in [0.25, 0.3) is 5.91 Å². The van der Waals surface area contributed by atoms with Gasteiger partial charge < -0.3 is 14.5 Å². The lowest BCUT2D eigenvalue weighted by Crippen LogP contribution is -2.48. The van der Waals surface area contributed by atoms with Crippen LogP contribution in [0.2, 0.25) is 0 Å². The Morgan fingerprint density at radius 1 is 1.30 bits per heavy atom. The molecular weight excluding hydrogens is 294 g/mol. The van der Waals surface area contributed by atoms with E-state index in [1.165, 1.54) is 6.07 Å². The third-order valence-electron chi connectivity index (χ3n) is 3.83. The highest BCUT2D eigenvalue weighted by atomic mass is 16.5. The van der Waals surface area contributed by atoms with Gasteiger partial charge in [0.1, 0.15) is 16.9 Å². The van der Waals surface area contributed by atoms with Crippen molar-refractivity contribution in [2.24, 2.45) is 0 Å². The van der Waals surface area contributed by atoms with Crippen LogP contribution in [-0.2, 0) is 4.79 Å². The lowest BCUT2D eigenvalue weighted by Gasteiger charge is -2.26. The molecule has 0 aliphatic rings. The van der Waals surface area contributed by atoms with Gasteiger partial charge in [0.15, 0.2) is 6.61 Å². The fraction of sp³-hybridized carbons (Fsp3) is 0.333. The van der Waals surface area contributed by atoms with Gasteiger partial charge in [-0.15, -0.1) is 6.42 Å². The van der Waals surface area contributed by atoms with Gasteiger partial charge in [-0.25, -0.2) is 4.79 Å². The summed E-state index contributed by atoms with van der Waals surface area (Å²) in [7, 11) is 0. The van der Waals surface area contributed by atoms with Crippen molar-refractivity contribution < 1.29 is 13.9 Å². The number of hydrogen-bond acceptors (Lipinski definition) is 4. The van der Waals surface area contributed by atoms with Crippen LogP contribution < -0.4 is 15.7 Å². The second kappa shape index (κ2) is 7.01. The van der Waals surface area contributed by atoms with Crippen LogP contribution in [0.1, 0.15) is 26.7 Å². The number of benzene rings is 1. The summed E-state index contributed by atoms with van der Waals surface area (Å²) in [5.41, 5.74) is -0.663. The second-order valence-corrected chi connectivity index (χ2v) is 5.22. The molecule has 0 fully saturated rings. The fourth-order valence-corrected chi connectivity index (χ4v) is 2.25. The number of terminal acetylenes is 1. The predicted molar refractivity (Wildman–Crippen MR) is 88.3 cm³/mol. The Morgan fingerprint density at radius 3 is 2.65 bits per heavy atom. The Hall–Kier alpha value is -2.74. The summed E-state index contributed by atoms with van der Waals surface area (Å²) in [6, 6.07) is 8.07. The Morgan fingerprint density at radius 2 is 2.00 bits per heavy atom. The average Bonchev–Trinajstić information content (AvgIpc) is 2.57. The molecule has 1 aromatic heterocycles. The molecule has 23 heavy (non-hydrogen) atoms. The van der Waals surface area contributed by atoms with Crippen LogP contribution in [0.5, 0.6) is 5.75 Å². The summed E-state index contributed by atoms with van der Waals surface area (Å²) in [5.74, 6) is 2.79. The second-order valence-electron chi connectivity index (χ2n) is 5.22. The minimum Gasteiger partial charge on any atom is -0.484 e. The molecule has 5 heteroatoms. The highest BCUT2D eigenvalue weighted by Gasteiger charge is 2.25. The maximum atomic E-state index is 12.0. The van der Waals surface area contributed by atoms with E-state index in [1.54, 1.807) is 24.3 Å². The first-order valence-electron chi connectivity index (χ1n) is 7.47. The molecule has 0 aliphatic heterocycles. The molecule has 0 unspecified atom stereocenters. The van der Waals surface area contributed by atoms with E-state index in [-0.39, 0.29) is 12.5 Å².